The van der Waals surface area contributed by atoms with Crippen LogP contribution in [-0.2, 0) is 0 Å². The van der Waals surface area contributed by atoms with Crippen molar-refractivity contribution in [3.8, 4) is 5.75 Å². The molecule has 1 aliphatic carbocycles. The summed E-state index contributed by atoms with van der Waals surface area (Å²) in [7, 11) is 0. The Morgan fingerprint density at radius 3 is 2.78 bits per heavy atom. The molecule has 0 aliphatic heterocycles. The molecule has 3 heteroatoms. The summed E-state index contributed by atoms with van der Waals surface area (Å²) in [5.41, 5.74) is 1.66. The number of aromatic nitrogens is 1. The van der Waals surface area contributed by atoms with Crippen molar-refractivity contribution in [2.75, 3.05) is 13.2 Å². The van der Waals surface area contributed by atoms with Gasteiger partial charge in [0.25, 0.3) is 0 Å². The van der Waals surface area contributed by atoms with Crippen LogP contribution in [0.1, 0.15) is 51.6 Å². The molecular formula is C15H24N2O. The molecule has 0 bridgehead atoms. The number of hydrogen-bond acceptors (Lipinski definition) is 3. The highest BCUT2D eigenvalue weighted by molar-refractivity contribution is 5.28. The fraction of sp³-hybridized carbons (Fsp3) is 0.667. The van der Waals surface area contributed by atoms with Crippen molar-refractivity contribution in [3.05, 3.63) is 24.0 Å². The van der Waals surface area contributed by atoms with Crippen LogP contribution in [0.5, 0.6) is 5.75 Å². The van der Waals surface area contributed by atoms with E-state index < -0.39 is 0 Å². The Hall–Kier alpha value is -1.09. The summed E-state index contributed by atoms with van der Waals surface area (Å²) in [5.74, 6) is 0.877. The van der Waals surface area contributed by atoms with Gasteiger partial charge in [0.1, 0.15) is 5.75 Å². The fourth-order valence-corrected chi connectivity index (χ4v) is 2.38. The van der Waals surface area contributed by atoms with Gasteiger partial charge < -0.3 is 10.1 Å². The highest BCUT2D eigenvalue weighted by atomic mass is 16.5. The van der Waals surface area contributed by atoms with Crippen LogP contribution in [0, 0.1) is 5.41 Å². The highest BCUT2D eigenvalue weighted by Crippen LogP contribution is 2.54. The van der Waals surface area contributed by atoms with Crippen LogP contribution in [-0.4, -0.2) is 18.1 Å². The third-order valence-electron chi connectivity index (χ3n) is 3.71. The van der Waals surface area contributed by atoms with E-state index >= 15 is 0 Å². The third kappa shape index (κ3) is 3.02. The summed E-state index contributed by atoms with van der Waals surface area (Å²) in [5, 5.41) is 3.66. The maximum atomic E-state index is 5.54. The van der Waals surface area contributed by atoms with Crippen molar-refractivity contribution in [1.29, 1.82) is 0 Å². The summed E-state index contributed by atoms with van der Waals surface area (Å²) in [6.45, 7) is 8.30. The van der Waals surface area contributed by atoms with Gasteiger partial charge in [-0.1, -0.05) is 13.8 Å². The third-order valence-corrected chi connectivity index (χ3v) is 3.71. The Morgan fingerprint density at radius 2 is 2.17 bits per heavy atom. The van der Waals surface area contributed by atoms with Crippen LogP contribution in [0.3, 0.4) is 0 Å². The van der Waals surface area contributed by atoms with E-state index in [-0.39, 0.29) is 0 Å². The first-order chi connectivity index (χ1) is 8.69. The molecule has 100 valence electrons. The molecule has 1 atom stereocenters. The molecule has 0 aromatic carbocycles. The Morgan fingerprint density at radius 1 is 1.39 bits per heavy atom. The van der Waals surface area contributed by atoms with Crippen LogP contribution >= 0.6 is 0 Å². The molecular weight excluding hydrogens is 224 g/mol. The largest absolute Gasteiger partial charge is 0.492 e. The number of pyridine rings is 1. The lowest BCUT2D eigenvalue weighted by molar-refractivity contribution is 0.333. The van der Waals surface area contributed by atoms with E-state index in [9.17, 15) is 0 Å². The number of ether oxygens (including phenoxy) is 1. The van der Waals surface area contributed by atoms with Crippen LogP contribution in [0.2, 0.25) is 0 Å². The van der Waals surface area contributed by atoms with Gasteiger partial charge in [0.05, 0.1) is 12.8 Å². The Labute approximate surface area is 110 Å². The second-order valence-corrected chi connectivity index (χ2v) is 5.43. The average Bonchev–Trinajstić information content (AvgIpc) is 3.10. The van der Waals surface area contributed by atoms with Gasteiger partial charge in [-0.3, -0.25) is 4.98 Å². The standard InChI is InChI=1S/C15H24N2O/c1-4-8-17-14(15(3)6-7-15)12-9-13(18-5-2)11-16-10-12/h9-11,14,17H,4-8H2,1-3H3. The SMILES string of the molecule is CCCNC(c1cncc(OCC)c1)C1(C)CC1. The minimum Gasteiger partial charge on any atom is -0.492 e. The monoisotopic (exact) mass is 248 g/mol. The lowest BCUT2D eigenvalue weighted by Crippen LogP contribution is -2.28. The topological polar surface area (TPSA) is 34.2 Å². The van der Waals surface area contributed by atoms with E-state index in [2.05, 4.69) is 30.2 Å². The first kappa shape index (κ1) is 13.3. The average molecular weight is 248 g/mol. The number of nitrogens with zero attached hydrogens (tertiary/aromatic N) is 1. The van der Waals surface area contributed by atoms with Gasteiger partial charge in [0.15, 0.2) is 0 Å². The second kappa shape index (κ2) is 5.70. The van der Waals surface area contributed by atoms with Crippen molar-refractivity contribution in [2.24, 2.45) is 5.41 Å². The maximum absolute atomic E-state index is 5.54. The van der Waals surface area contributed by atoms with Crippen molar-refractivity contribution < 1.29 is 4.74 Å². The van der Waals surface area contributed by atoms with Gasteiger partial charge >= 0.3 is 0 Å². The zero-order valence-corrected chi connectivity index (χ0v) is 11.7. The smallest absolute Gasteiger partial charge is 0.137 e. The van der Waals surface area contributed by atoms with E-state index in [1.165, 1.54) is 18.4 Å². The molecule has 1 unspecified atom stereocenters. The van der Waals surface area contributed by atoms with Crippen molar-refractivity contribution >= 4 is 0 Å². The normalized spacial score (nSPS) is 18.4. The minimum atomic E-state index is 0.404. The van der Waals surface area contributed by atoms with Crippen molar-refractivity contribution in [3.63, 3.8) is 0 Å². The maximum Gasteiger partial charge on any atom is 0.137 e. The molecule has 18 heavy (non-hydrogen) atoms. The molecule has 0 saturated heterocycles. The van der Waals surface area contributed by atoms with Crippen LogP contribution < -0.4 is 10.1 Å². The molecule has 1 saturated carbocycles. The number of nitrogens with one attached hydrogen (secondary N) is 1. The molecule has 2 rings (SSSR count). The van der Waals surface area contributed by atoms with Crippen molar-refractivity contribution in [1.82, 2.24) is 10.3 Å². The molecule has 1 N–H and O–H groups in total. The summed E-state index contributed by atoms with van der Waals surface area (Å²) in [4.78, 5) is 4.31. The van der Waals surface area contributed by atoms with Crippen LogP contribution in [0.25, 0.3) is 0 Å². The van der Waals surface area contributed by atoms with Gasteiger partial charge in [-0.05, 0) is 49.8 Å². The zero-order chi connectivity index (χ0) is 13.0. The van der Waals surface area contributed by atoms with Crippen LogP contribution in [0.15, 0.2) is 18.5 Å². The Bertz CT molecular complexity index is 388. The van der Waals surface area contributed by atoms with Gasteiger partial charge in [-0.2, -0.15) is 0 Å². The first-order valence-electron chi connectivity index (χ1n) is 7.00. The molecule has 1 fully saturated rings. The van der Waals surface area contributed by atoms with E-state index in [0.717, 1.165) is 18.7 Å². The van der Waals surface area contributed by atoms with Gasteiger partial charge in [-0.25, -0.2) is 0 Å². The molecule has 0 amide bonds. The Balaban J connectivity index is 2.16. The Kier molecular flexibility index (Phi) is 4.23. The number of rotatable bonds is 7. The lowest BCUT2D eigenvalue weighted by Gasteiger charge is -2.25. The molecule has 1 heterocycles. The molecule has 3 nitrogen and oxygen atoms in total. The van der Waals surface area contributed by atoms with Gasteiger partial charge in [0, 0.05) is 12.2 Å². The molecule has 1 aromatic rings. The molecule has 0 radical (unpaired) electrons. The summed E-state index contributed by atoms with van der Waals surface area (Å²) in [6, 6.07) is 2.54. The summed E-state index contributed by atoms with van der Waals surface area (Å²) < 4.78 is 5.54. The lowest BCUT2D eigenvalue weighted by atomic mass is 9.92. The first-order valence-corrected chi connectivity index (χ1v) is 7.00. The summed E-state index contributed by atoms with van der Waals surface area (Å²) in [6.07, 6.45) is 7.52. The fourth-order valence-electron chi connectivity index (χ4n) is 2.38. The zero-order valence-electron chi connectivity index (χ0n) is 11.7. The van der Waals surface area contributed by atoms with E-state index in [0.29, 0.717) is 18.1 Å². The van der Waals surface area contributed by atoms with Crippen molar-refractivity contribution in [2.45, 2.75) is 46.1 Å². The summed E-state index contributed by atoms with van der Waals surface area (Å²) >= 11 is 0. The quantitative estimate of drug-likeness (QED) is 0.803. The van der Waals surface area contributed by atoms with Gasteiger partial charge in [-0.15, -0.1) is 0 Å². The number of hydrogen-bond donors (Lipinski definition) is 1. The highest BCUT2D eigenvalue weighted by Gasteiger charge is 2.45. The second-order valence-electron chi connectivity index (χ2n) is 5.43. The minimum absolute atomic E-state index is 0.404. The predicted octanol–water partition coefficient (Wildman–Crippen LogP) is 3.32. The molecule has 1 aromatic heterocycles. The molecule has 0 spiro atoms. The van der Waals surface area contributed by atoms with E-state index in [4.69, 9.17) is 4.74 Å². The van der Waals surface area contributed by atoms with E-state index in [1.54, 1.807) is 6.20 Å². The van der Waals surface area contributed by atoms with Crippen LogP contribution in [0.4, 0.5) is 0 Å². The van der Waals surface area contributed by atoms with Gasteiger partial charge in [0.2, 0.25) is 0 Å². The van der Waals surface area contributed by atoms with E-state index in [1.807, 2.05) is 13.1 Å². The molecule has 1 aliphatic rings. The predicted molar refractivity (Wildman–Crippen MR) is 73.8 cm³/mol.